The van der Waals surface area contributed by atoms with E-state index in [1.54, 1.807) is 12.4 Å². The Morgan fingerprint density at radius 1 is 0.933 bits per heavy atom. The largest absolute Gasteiger partial charge is 0.250 e. The quantitative estimate of drug-likeness (QED) is 0.608. The molecule has 0 aliphatic carbocycles. The maximum atomic E-state index is 4.14. The van der Waals surface area contributed by atoms with E-state index in [-0.39, 0.29) is 0 Å². The molecule has 1 aliphatic heterocycles. The van der Waals surface area contributed by atoms with Crippen LogP contribution in [0.4, 0.5) is 0 Å². The summed E-state index contributed by atoms with van der Waals surface area (Å²) in [4.78, 5) is 8.28. The van der Waals surface area contributed by atoms with Gasteiger partial charge in [-0.05, 0) is 25.0 Å². The van der Waals surface area contributed by atoms with Crippen LogP contribution in [-0.4, -0.2) is 12.4 Å². The number of rotatable bonds is 0. The first-order valence-electron chi connectivity index (χ1n) is 4.73. The minimum Gasteiger partial charge on any atom is -0.250 e. The van der Waals surface area contributed by atoms with Crippen LogP contribution in [0, 0.1) is 0 Å². The van der Waals surface area contributed by atoms with Gasteiger partial charge >= 0.3 is 0 Å². The number of hydrogen-bond acceptors (Lipinski definition) is 3. The van der Waals surface area contributed by atoms with Gasteiger partial charge in [0.25, 0.3) is 0 Å². The molecule has 0 saturated carbocycles. The Bertz CT molecular complexity index is 315. The summed E-state index contributed by atoms with van der Waals surface area (Å²) in [5.41, 5.74) is 0. The Kier molecular flexibility index (Phi) is 5.48. The summed E-state index contributed by atoms with van der Waals surface area (Å²) in [6, 6.07) is 0. The molecule has 0 atom stereocenters. The van der Waals surface area contributed by atoms with Crippen LogP contribution in [-0.2, 0) is 0 Å². The Morgan fingerprint density at radius 2 is 1.40 bits per heavy atom. The molecule has 1 heterocycles. The lowest BCUT2D eigenvalue weighted by atomic mass is 10.3. The van der Waals surface area contributed by atoms with Crippen LogP contribution in [0.15, 0.2) is 57.5 Å². The smallest absolute Gasteiger partial charge is 0.0950 e. The van der Waals surface area contributed by atoms with Gasteiger partial charge in [-0.1, -0.05) is 37.1 Å². The predicted octanol–water partition coefficient (Wildman–Crippen LogP) is 3.71. The van der Waals surface area contributed by atoms with Gasteiger partial charge in [0.1, 0.15) is 0 Å². The molecule has 0 aromatic rings. The van der Waals surface area contributed by atoms with E-state index in [1.807, 2.05) is 12.2 Å². The summed E-state index contributed by atoms with van der Waals surface area (Å²) >= 11 is 1.37. The third-order valence-electron chi connectivity index (χ3n) is 1.62. The van der Waals surface area contributed by atoms with E-state index in [4.69, 9.17) is 0 Å². The first kappa shape index (κ1) is 11.7. The first-order valence-corrected chi connectivity index (χ1v) is 5.55. The van der Waals surface area contributed by atoms with Gasteiger partial charge in [-0.2, -0.15) is 0 Å². The van der Waals surface area contributed by atoms with Crippen molar-refractivity contribution < 1.29 is 0 Å². The number of allylic oxidation sites excluding steroid dienone is 4. The summed E-state index contributed by atoms with van der Waals surface area (Å²) in [6.07, 6.45) is 13.5. The molecule has 0 bridgehead atoms. The lowest BCUT2D eigenvalue weighted by Gasteiger charge is -1.96. The summed E-state index contributed by atoms with van der Waals surface area (Å²) in [5, 5.41) is 1.40. The van der Waals surface area contributed by atoms with E-state index in [2.05, 4.69) is 35.3 Å². The maximum absolute atomic E-state index is 4.14. The molecule has 0 saturated heterocycles. The summed E-state index contributed by atoms with van der Waals surface area (Å²) in [5.74, 6) is 0. The van der Waals surface area contributed by atoms with E-state index in [1.165, 1.54) is 11.8 Å². The first-order chi connectivity index (χ1) is 7.29. The molecule has 0 amide bonds. The summed E-state index contributed by atoms with van der Waals surface area (Å²) < 4.78 is 0. The monoisotopic (exact) mass is 218 g/mol. The van der Waals surface area contributed by atoms with Crippen molar-refractivity contribution in [3.63, 3.8) is 0 Å². The Hall–Kier alpha value is -1.35. The number of thioether (sulfide) groups is 1. The van der Waals surface area contributed by atoms with Crippen molar-refractivity contribution in [1.82, 2.24) is 0 Å². The molecule has 1 rings (SSSR count). The zero-order valence-corrected chi connectivity index (χ0v) is 9.41. The van der Waals surface area contributed by atoms with Crippen molar-refractivity contribution in [3.8, 4) is 0 Å². The molecule has 0 radical (unpaired) electrons. The highest BCUT2D eigenvalue weighted by Crippen LogP contribution is 2.23. The zero-order valence-electron chi connectivity index (χ0n) is 8.60. The lowest BCUT2D eigenvalue weighted by Crippen LogP contribution is -1.73. The van der Waals surface area contributed by atoms with Crippen molar-refractivity contribution in [2.75, 3.05) is 0 Å². The highest BCUT2D eigenvalue weighted by atomic mass is 32.2. The molecule has 78 valence electrons. The molecule has 0 N–H and O–H groups in total. The molecular formula is C12H14N2S. The van der Waals surface area contributed by atoms with Crippen LogP contribution in [0.25, 0.3) is 0 Å². The normalized spacial score (nSPS) is 26.9. The maximum Gasteiger partial charge on any atom is 0.0950 e. The van der Waals surface area contributed by atoms with Gasteiger partial charge in [-0.3, -0.25) is 9.98 Å². The van der Waals surface area contributed by atoms with Crippen LogP contribution in [0.5, 0.6) is 0 Å². The topological polar surface area (TPSA) is 24.7 Å². The second-order valence-electron chi connectivity index (χ2n) is 2.88. The van der Waals surface area contributed by atoms with Crippen molar-refractivity contribution in [2.45, 2.75) is 12.8 Å². The van der Waals surface area contributed by atoms with Crippen LogP contribution in [0.1, 0.15) is 12.8 Å². The van der Waals surface area contributed by atoms with Gasteiger partial charge in [-0.15, -0.1) is 0 Å². The highest BCUT2D eigenvalue weighted by Gasteiger charge is 1.93. The molecule has 2 nitrogen and oxygen atoms in total. The van der Waals surface area contributed by atoms with E-state index in [0.29, 0.717) is 10.1 Å². The predicted molar refractivity (Wildman–Crippen MR) is 70.4 cm³/mol. The fraction of sp³-hybridized carbons (Fsp3) is 0.167. The fourth-order valence-electron chi connectivity index (χ4n) is 0.948. The summed E-state index contributed by atoms with van der Waals surface area (Å²) in [7, 11) is 0. The van der Waals surface area contributed by atoms with Crippen molar-refractivity contribution in [3.05, 3.63) is 47.5 Å². The molecule has 15 heavy (non-hydrogen) atoms. The zero-order chi connectivity index (χ0) is 10.9. The number of nitrogens with zero attached hydrogens (tertiary/aromatic N) is 2. The molecule has 3 heteroatoms. The van der Waals surface area contributed by atoms with Crippen LogP contribution in [0.3, 0.4) is 0 Å². The molecule has 0 fully saturated rings. The highest BCUT2D eigenvalue weighted by molar-refractivity contribution is 8.06. The molecule has 0 unspecified atom stereocenters. The van der Waals surface area contributed by atoms with E-state index in [0.717, 1.165) is 12.8 Å². The Morgan fingerprint density at radius 3 is 1.87 bits per heavy atom. The Labute approximate surface area is 94.9 Å². The fourth-order valence-corrected chi connectivity index (χ4v) is 1.45. The van der Waals surface area contributed by atoms with Gasteiger partial charge in [0, 0.05) is 12.4 Å². The molecule has 0 aromatic carbocycles. The second kappa shape index (κ2) is 7.01. The van der Waals surface area contributed by atoms with Crippen molar-refractivity contribution in [1.29, 1.82) is 0 Å². The average molecular weight is 218 g/mol. The molecule has 1 aliphatic rings. The number of aliphatic imine (C=N–C) groups is 2. The second-order valence-corrected chi connectivity index (χ2v) is 4.03. The van der Waals surface area contributed by atoms with Gasteiger partial charge < -0.3 is 0 Å². The van der Waals surface area contributed by atoms with Crippen LogP contribution >= 0.6 is 11.8 Å². The minimum absolute atomic E-state index is 0.699. The SMILES string of the molecule is C=C1/N=C\C=C/CC/C=C\C=N/C(=C)S1. The third-order valence-corrected chi connectivity index (χ3v) is 2.30. The molecule has 0 aromatic heterocycles. The van der Waals surface area contributed by atoms with Gasteiger partial charge in [0.2, 0.25) is 0 Å². The summed E-state index contributed by atoms with van der Waals surface area (Å²) in [6.45, 7) is 7.59. The molecular weight excluding hydrogens is 204 g/mol. The van der Waals surface area contributed by atoms with Gasteiger partial charge in [0.15, 0.2) is 0 Å². The Balaban J connectivity index is 2.68. The van der Waals surface area contributed by atoms with Gasteiger partial charge in [0.05, 0.1) is 10.1 Å². The van der Waals surface area contributed by atoms with E-state index < -0.39 is 0 Å². The lowest BCUT2D eigenvalue weighted by molar-refractivity contribution is 1.05. The van der Waals surface area contributed by atoms with E-state index in [9.17, 15) is 0 Å². The average Bonchev–Trinajstić information content (AvgIpc) is 2.21. The molecule has 0 spiro atoms. The van der Waals surface area contributed by atoms with Crippen molar-refractivity contribution >= 4 is 24.2 Å². The van der Waals surface area contributed by atoms with Crippen LogP contribution in [0.2, 0.25) is 0 Å². The van der Waals surface area contributed by atoms with Gasteiger partial charge in [-0.25, -0.2) is 0 Å². The standard InChI is InChI=1S/C12H14N2S/c1-11-13-9-7-5-3-4-6-8-10-14-12(2)15-11/h5-10H,1-4H2/b7-5-,8-6-,13-9-,14-10-. The van der Waals surface area contributed by atoms with Crippen LogP contribution < -0.4 is 0 Å². The third kappa shape index (κ3) is 5.86. The van der Waals surface area contributed by atoms with Crippen molar-refractivity contribution in [2.24, 2.45) is 9.98 Å². The van der Waals surface area contributed by atoms with E-state index >= 15 is 0 Å². The minimum atomic E-state index is 0.699. The number of hydrogen-bond donors (Lipinski definition) is 0.